The van der Waals surface area contributed by atoms with Gasteiger partial charge in [-0.1, -0.05) is 6.92 Å². The van der Waals surface area contributed by atoms with Gasteiger partial charge in [-0.15, -0.1) is 0 Å². The minimum atomic E-state index is -0.0733. The molecule has 0 fully saturated rings. The van der Waals surface area contributed by atoms with Crippen LogP contribution in [0.15, 0.2) is 24.5 Å². The molecule has 1 aromatic heterocycles. The number of nitrogens with zero attached hydrogens (tertiary/aromatic N) is 2. The molecule has 0 radical (unpaired) electrons. The van der Waals surface area contributed by atoms with Gasteiger partial charge in [0.15, 0.2) is 5.78 Å². The molecule has 0 bridgehead atoms. The van der Waals surface area contributed by atoms with Crippen molar-refractivity contribution < 1.29 is 9.53 Å². The molecule has 1 aliphatic rings. The lowest BCUT2D eigenvalue weighted by atomic mass is 9.84. The van der Waals surface area contributed by atoms with Crippen LogP contribution in [0.5, 0.6) is 5.75 Å². The lowest BCUT2D eigenvalue weighted by molar-refractivity contribution is 0.0916. The van der Waals surface area contributed by atoms with E-state index in [1.165, 1.54) is 17.5 Å². The number of carbonyl (C=O) groups excluding carboxylic acids is 1. The third kappa shape index (κ3) is 3.78. The van der Waals surface area contributed by atoms with Gasteiger partial charge in [-0.3, -0.25) is 4.79 Å². The Hall–Kier alpha value is -2.10. The number of benzene rings is 1. The van der Waals surface area contributed by atoms with Crippen LogP contribution in [0.25, 0.3) is 0 Å². The molecular weight excluding hydrogens is 312 g/mol. The molecule has 0 spiro atoms. The van der Waals surface area contributed by atoms with Crippen molar-refractivity contribution in [3.05, 3.63) is 47.0 Å². The van der Waals surface area contributed by atoms with Gasteiger partial charge in [0, 0.05) is 30.4 Å². The van der Waals surface area contributed by atoms with Crippen LogP contribution in [-0.2, 0) is 19.4 Å². The lowest BCUT2D eigenvalue weighted by Gasteiger charge is -2.24. The smallest absolute Gasteiger partial charge is 0.167 e. The average Bonchev–Trinajstić information content (AvgIpc) is 2.99. The second-order valence-corrected chi connectivity index (χ2v) is 7.33. The standard InChI is InChI=1S/C21H28N2O2/c1-14(2)25-20-10-9-19(17-7-5-6-8-18(17)20)21(24)15(3)13-23-12-11-22-16(23)4/h9-12,14-15H,5-8,13H2,1-4H3. The van der Waals surface area contributed by atoms with E-state index < -0.39 is 0 Å². The number of hydrogen-bond donors (Lipinski definition) is 0. The molecule has 1 unspecified atom stereocenters. The Kier molecular flexibility index (Phi) is 5.26. The zero-order valence-corrected chi connectivity index (χ0v) is 15.7. The summed E-state index contributed by atoms with van der Waals surface area (Å²) in [7, 11) is 0. The molecule has 134 valence electrons. The summed E-state index contributed by atoms with van der Waals surface area (Å²) < 4.78 is 8.03. The molecule has 3 rings (SSSR count). The van der Waals surface area contributed by atoms with E-state index in [1.807, 2.05) is 50.6 Å². The second kappa shape index (κ2) is 7.42. The van der Waals surface area contributed by atoms with Crippen LogP contribution in [0.3, 0.4) is 0 Å². The number of rotatable bonds is 6. The predicted octanol–water partition coefficient (Wildman–Crippen LogP) is 4.38. The van der Waals surface area contributed by atoms with E-state index >= 15 is 0 Å². The quantitative estimate of drug-likeness (QED) is 0.733. The fourth-order valence-electron chi connectivity index (χ4n) is 3.67. The van der Waals surface area contributed by atoms with E-state index in [0.717, 1.165) is 36.4 Å². The van der Waals surface area contributed by atoms with Gasteiger partial charge in [-0.25, -0.2) is 4.98 Å². The normalized spacial score (nSPS) is 15.1. The van der Waals surface area contributed by atoms with Gasteiger partial charge in [0.1, 0.15) is 11.6 Å². The highest BCUT2D eigenvalue weighted by Gasteiger charge is 2.25. The molecule has 2 aromatic rings. The van der Waals surface area contributed by atoms with E-state index in [1.54, 1.807) is 6.20 Å². The van der Waals surface area contributed by atoms with E-state index in [2.05, 4.69) is 4.98 Å². The van der Waals surface area contributed by atoms with Crippen molar-refractivity contribution in [3.8, 4) is 5.75 Å². The number of fused-ring (bicyclic) bond motifs is 1. The van der Waals surface area contributed by atoms with Gasteiger partial charge in [0.2, 0.25) is 0 Å². The van der Waals surface area contributed by atoms with Gasteiger partial charge in [0.25, 0.3) is 0 Å². The van der Waals surface area contributed by atoms with Gasteiger partial charge in [0.05, 0.1) is 6.10 Å². The summed E-state index contributed by atoms with van der Waals surface area (Å²) in [6, 6.07) is 3.97. The van der Waals surface area contributed by atoms with Gasteiger partial charge in [-0.05, 0) is 69.7 Å². The number of carbonyl (C=O) groups is 1. The maximum atomic E-state index is 13.1. The molecule has 0 N–H and O–H groups in total. The maximum absolute atomic E-state index is 13.1. The van der Waals surface area contributed by atoms with Crippen molar-refractivity contribution in [2.75, 3.05) is 0 Å². The topological polar surface area (TPSA) is 44.1 Å². The summed E-state index contributed by atoms with van der Waals surface area (Å²) in [4.78, 5) is 17.4. The second-order valence-electron chi connectivity index (χ2n) is 7.33. The highest BCUT2D eigenvalue weighted by Crippen LogP contribution is 2.34. The van der Waals surface area contributed by atoms with Crippen molar-refractivity contribution in [1.29, 1.82) is 0 Å². The summed E-state index contributed by atoms with van der Waals surface area (Å²) in [5.74, 6) is 2.06. The summed E-state index contributed by atoms with van der Waals surface area (Å²) in [5, 5.41) is 0. The van der Waals surface area contributed by atoms with Crippen molar-refractivity contribution >= 4 is 5.78 Å². The number of imidazole rings is 1. The number of Topliss-reactive ketones (excluding diaryl/α,β-unsaturated/α-hetero) is 1. The van der Waals surface area contributed by atoms with E-state index in [0.29, 0.717) is 6.54 Å². The third-order valence-corrected chi connectivity index (χ3v) is 4.96. The molecular formula is C21H28N2O2. The molecule has 25 heavy (non-hydrogen) atoms. The Morgan fingerprint density at radius 1 is 1.20 bits per heavy atom. The summed E-state index contributed by atoms with van der Waals surface area (Å²) >= 11 is 0. The highest BCUT2D eigenvalue weighted by molar-refractivity contribution is 5.99. The lowest BCUT2D eigenvalue weighted by Crippen LogP contribution is -2.21. The van der Waals surface area contributed by atoms with Crippen molar-refractivity contribution in [2.24, 2.45) is 5.92 Å². The molecule has 0 saturated carbocycles. The zero-order chi connectivity index (χ0) is 18.0. The van der Waals surface area contributed by atoms with Gasteiger partial charge >= 0.3 is 0 Å². The minimum Gasteiger partial charge on any atom is -0.491 e. The largest absolute Gasteiger partial charge is 0.491 e. The van der Waals surface area contributed by atoms with Crippen molar-refractivity contribution in [1.82, 2.24) is 9.55 Å². The minimum absolute atomic E-state index is 0.0733. The highest BCUT2D eigenvalue weighted by atomic mass is 16.5. The van der Waals surface area contributed by atoms with Crippen molar-refractivity contribution in [2.45, 2.75) is 66.0 Å². The fourth-order valence-corrected chi connectivity index (χ4v) is 3.67. The first-order chi connectivity index (χ1) is 12.0. The Balaban J connectivity index is 1.88. The fraction of sp³-hybridized carbons (Fsp3) is 0.524. The van der Waals surface area contributed by atoms with Crippen molar-refractivity contribution in [3.63, 3.8) is 0 Å². The monoisotopic (exact) mass is 340 g/mol. The predicted molar refractivity (Wildman–Crippen MR) is 99.3 cm³/mol. The Morgan fingerprint density at radius 3 is 2.56 bits per heavy atom. The van der Waals surface area contributed by atoms with Crippen LogP contribution >= 0.6 is 0 Å². The third-order valence-electron chi connectivity index (χ3n) is 4.96. The molecule has 0 amide bonds. The molecule has 0 aliphatic heterocycles. The first-order valence-corrected chi connectivity index (χ1v) is 9.30. The Bertz CT molecular complexity index is 761. The van der Waals surface area contributed by atoms with Crippen LogP contribution in [0.4, 0.5) is 0 Å². The van der Waals surface area contributed by atoms with Gasteiger partial charge in [-0.2, -0.15) is 0 Å². The zero-order valence-electron chi connectivity index (χ0n) is 15.7. The average molecular weight is 340 g/mol. The van der Waals surface area contributed by atoms with Crippen LogP contribution in [0.1, 0.15) is 60.9 Å². The van der Waals surface area contributed by atoms with Crippen LogP contribution in [0, 0.1) is 12.8 Å². The van der Waals surface area contributed by atoms with E-state index in [4.69, 9.17) is 4.74 Å². The first-order valence-electron chi connectivity index (χ1n) is 9.30. The van der Waals surface area contributed by atoms with Crippen LogP contribution < -0.4 is 4.74 Å². The molecule has 0 saturated heterocycles. The molecule has 1 atom stereocenters. The summed E-state index contributed by atoms with van der Waals surface area (Å²) in [5.41, 5.74) is 3.34. The van der Waals surface area contributed by atoms with Crippen LogP contribution in [-0.4, -0.2) is 21.4 Å². The summed E-state index contributed by atoms with van der Waals surface area (Å²) in [6.45, 7) is 8.74. The van der Waals surface area contributed by atoms with Gasteiger partial charge < -0.3 is 9.30 Å². The first kappa shape index (κ1) is 17.7. The molecule has 1 heterocycles. The molecule has 4 heteroatoms. The molecule has 1 aliphatic carbocycles. The maximum Gasteiger partial charge on any atom is 0.167 e. The number of aromatic nitrogens is 2. The van der Waals surface area contributed by atoms with E-state index in [-0.39, 0.29) is 17.8 Å². The number of hydrogen-bond acceptors (Lipinski definition) is 3. The summed E-state index contributed by atoms with van der Waals surface area (Å²) in [6.07, 6.45) is 8.17. The van der Waals surface area contributed by atoms with E-state index in [9.17, 15) is 4.79 Å². The Morgan fingerprint density at radius 2 is 1.92 bits per heavy atom. The Labute approximate surface area is 150 Å². The number of ether oxygens (including phenoxy) is 1. The molecule has 4 nitrogen and oxygen atoms in total. The van der Waals surface area contributed by atoms with Crippen LogP contribution in [0.2, 0.25) is 0 Å². The molecule has 1 aromatic carbocycles. The number of ketones is 1. The number of aryl methyl sites for hydroxylation is 1. The SMILES string of the molecule is Cc1nccn1CC(C)C(=O)c1ccc(OC(C)C)c2c1CCCC2.